The van der Waals surface area contributed by atoms with Crippen LogP contribution in [0.3, 0.4) is 0 Å². The lowest BCUT2D eigenvalue weighted by atomic mass is 9.96. The Balaban J connectivity index is 1.80. The minimum Gasteiger partial charge on any atom is -0.368 e. The van der Waals surface area contributed by atoms with Gasteiger partial charge in [-0.25, -0.2) is 4.98 Å². The Labute approximate surface area is 147 Å². The van der Waals surface area contributed by atoms with Crippen molar-refractivity contribution in [3.05, 3.63) is 47.5 Å². The zero-order valence-electron chi connectivity index (χ0n) is 14.9. The third kappa shape index (κ3) is 3.88. The van der Waals surface area contributed by atoms with Crippen molar-refractivity contribution in [2.24, 2.45) is 5.73 Å². The van der Waals surface area contributed by atoms with E-state index in [9.17, 15) is 4.79 Å². The van der Waals surface area contributed by atoms with Gasteiger partial charge in [-0.1, -0.05) is 51.1 Å². The molecule has 1 amide bonds. The highest BCUT2D eigenvalue weighted by atomic mass is 16.5. The van der Waals surface area contributed by atoms with Gasteiger partial charge in [0.05, 0.1) is 6.61 Å². The third-order valence-electron chi connectivity index (χ3n) is 4.33. The van der Waals surface area contributed by atoms with Gasteiger partial charge in [-0.2, -0.15) is 5.10 Å². The van der Waals surface area contributed by atoms with Crippen LogP contribution in [0.15, 0.2) is 30.3 Å². The van der Waals surface area contributed by atoms with Crippen molar-refractivity contribution in [1.29, 1.82) is 0 Å². The van der Waals surface area contributed by atoms with E-state index in [4.69, 9.17) is 10.5 Å². The number of nitrogens with one attached hydrogen (secondary N) is 1. The van der Waals surface area contributed by atoms with Crippen LogP contribution >= 0.6 is 0 Å². The summed E-state index contributed by atoms with van der Waals surface area (Å²) >= 11 is 0. The van der Waals surface area contributed by atoms with Gasteiger partial charge >= 0.3 is 0 Å². The number of nitrogens with two attached hydrogens (primary N) is 1. The molecule has 3 N–H and O–H groups in total. The Morgan fingerprint density at radius 3 is 2.68 bits per heavy atom. The number of primary amides is 1. The monoisotopic (exact) mass is 343 g/mol. The van der Waals surface area contributed by atoms with Gasteiger partial charge in [0.25, 0.3) is 0 Å². The molecule has 2 heterocycles. The predicted molar refractivity (Wildman–Crippen MR) is 93.7 cm³/mol. The second-order valence-electron chi connectivity index (χ2n) is 7.36. The van der Waals surface area contributed by atoms with Gasteiger partial charge in [0.2, 0.25) is 5.91 Å². The Hall–Kier alpha value is -2.25. The van der Waals surface area contributed by atoms with E-state index >= 15 is 0 Å². The van der Waals surface area contributed by atoms with E-state index in [0.717, 1.165) is 11.4 Å². The van der Waals surface area contributed by atoms with Crippen LogP contribution in [-0.2, 0) is 14.9 Å². The normalized spacial score (nSPS) is 20.4. The number of hydrogen-bond acceptors (Lipinski definition) is 5. The Kier molecular flexibility index (Phi) is 4.87. The number of amides is 1. The molecule has 1 fully saturated rings. The van der Waals surface area contributed by atoms with Crippen LogP contribution in [0.1, 0.15) is 50.1 Å². The van der Waals surface area contributed by atoms with E-state index in [-0.39, 0.29) is 17.4 Å². The van der Waals surface area contributed by atoms with E-state index in [0.29, 0.717) is 25.5 Å². The molecule has 1 saturated heterocycles. The molecule has 3 rings (SSSR count). The van der Waals surface area contributed by atoms with Crippen molar-refractivity contribution in [3.8, 4) is 0 Å². The zero-order valence-corrected chi connectivity index (χ0v) is 14.9. The predicted octanol–water partition coefficient (Wildman–Crippen LogP) is 1.70. The SMILES string of the molecule is CC(C)(C)c1n[nH]c(C2CN(C(C(N)=O)c3ccccc3)CCO2)n1. The number of benzene rings is 1. The lowest BCUT2D eigenvalue weighted by Gasteiger charge is -2.36. The molecule has 7 heteroatoms. The second-order valence-corrected chi connectivity index (χ2v) is 7.36. The van der Waals surface area contributed by atoms with E-state index in [1.54, 1.807) is 0 Å². The molecule has 1 aliphatic heterocycles. The fraction of sp³-hybridized carbons (Fsp3) is 0.500. The van der Waals surface area contributed by atoms with Gasteiger partial charge in [-0.05, 0) is 5.56 Å². The lowest BCUT2D eigenvalue weighted by Crippen LogP contribution is -2.45. The Morgan fingerprint density at radius 1 is 1.36 bits per heavy atom. The van der Waals surface area contributed by atoms with Crippen molar-refractivity contribution in [2.45, 2.75) is 38.3 Å². The van der Waals surface area contributed by atoms with Crippen LogP contribution in [0.5, 0.6) is 0 Å². The molecule has 7 nitrogen and oxygen atoms in total. The highest BCUT2D eigenvalue weighted by Crippen LogP contribution is 2.28. The molecule has 0 radical (unpaired) electrons. The van der Waals surface area contributed by atoms with Gasteiger partial charge in [0.1, 0.15) is 12.1 Å². The van der Waals surface area contributed by atoms with Gasteiger partial charge in [-0.15, -0.1) is 0 Å². The highest BCUT2D eigenvalue weighted by molar-refractivity contribution is 5.81. The van der Waals surface area contributed by atoms with Crippen LogP contribution in [0.4, 0.5) is 0 Å². The summed E-state index contributed by atoms with van der Waals surface area (Å²) in [5.74, 6) is 1.07. The van der Waals surface area contributed by atoms with Crippen molar-refractivity contribution in [1.82, 2.24) is 20.1 Å². The Bertz CT molecular complexity index is 723. The number of aromatic amines is 1. The maximum Gasteiger partial charge on any atom is 0.239 e. The fourth-order valence-electron chi connectivity index (χ4n) is 3.01. The molecule has 1 aromatic heterocycles. The quantitative estimate of drug-likeness (QED) is 0.881. The number of carbonyl (C=O) groups excluding carboxylic acids is 1. The first-order chi connectivity index (χ1) is 11.9. The minimum atomic E-state index is -0.474. The second kappa shape index (κ2) is 6.93. The zero-order chi connectivity index (χ0) is 18.0. The molecule has 2 aromatic rings. The molecule has 1 aliphatic rings. The van der Waals surface area contributed by atoms with E-state index in [1.165, 1.54) is 0 Å². The number of nitrogens with zero attached hydrogens (tertiary/aromatic N) is 3. The van der Waals surface area contributed by atoms with Crippen molar-refractivity contribution in [3.63, 3.8) is 0 Å². The molecular formula is C18H25N5O2. The number of H-pyrrole nitrogens is 1. The van der Waals surface area contributed by atoms with Gasteiger partial charge in [0.15, 0.2) is 11.6 Å². The molecule has 0 aliphatic carbocycles. The fourth-order valence-corrected chi connectivity index (χ4v) is 3.01. The van der Waals surface area contributed by atoms with Gasteiger partial charge in [-0.3, -0.25) is 14.8 Å². The number of carbonyl (C=O) groups is 1. The summed E-state index contributed by atoms with van der Waals surface area (Å²) in [5.41, 5.74) is 6.44. The number of aromatic nitrogens is 3. The average molecular weight is 343 g/mol. The van der Waals surface area contributed by atoms with Gasteiger partial charge < -0.3 is 10.5 Å². The average Bonchev–Trinajstić information content (AvgIpc) is 3.06. The maximum absolute atomic E-state index is 12.1. The van der Waals surface area contributed by atoms with Crippen LogP contribution in [0.2, 0.25) is 0 Å². The van der Waals surface area contributed by atoms with Crippen LogP contribution < -0.4 is 5.73 Å². The first-order valence-corrected chi connectivity index (χ1v) is 8.49. The van der Waals surface area contributed by atoms with Gasteiger partial charge in [0, 0.05) is 18.5 Å². The summed E-state index contributed by atoms with van der Waals surface area (Å²) in [4.78, 5) is 18.7. The third-order valence-corrected chi connectivity index (χ3v) is 4.33. The first kappa shape index (κ1) is 17.6. The molecule has 25 heavy (non-hydrogen) atoms. The molecule has 0 saturated carbocycles. The van der Waals surface area contributed by atoms with Crippen LogP contribution in [-0.4, -0.2) is 45.7 Å². The molecule has 2 atom stereocenters. The highest BCUT2D eigenvalue weighted by Gasteiger charge is 2.33. The molecule has 0 spiro atoms. The van der Waals surface area contributed by atoms with Crippen molar-refractivity contribution < 1.29 is 9.53 Å². The molecule has 0 bridgehead atoms. The number of hydrogen-bond donors (Lipinski definition) is 2. The molecule has 1 aromatic carbocycles. The maximum atomic E-state index is 12.1. The Morgan fingerprint density at radius 2 is 2.08 bits per heavy atom. The summed E-state index contributed by atoms with van der Waals surface area (Å²) in [6, 6.07) is 9.12. The number of morpholine rings is 1. The molecular weight excluding hydrogens is 318 g/mol. The van der Waals surface area contributed by atoms with E-state index < -0.39 is 6.04 Å². The molecule has 2 unspecified atom stereocenters. The summed E-state index contributed by atoms with van der Waals surface area (Å²) in [7, 11) is 0. The molecule has 134 valence electrons. The topological polar surface area (TPSA) is 97.1 Å². The largest absolute Gasteiger partial charge is 0.368 e. The lowest BCUT2D eigenvalue weighted by molar-refractivity contribution is -0.127. The standard InChI is InChI=1S/C18H25N5O2/c1-18(2,3)17-20-16(21-22-17)13-11-23(9-10-25-13)14(15(19)24)12-7-5-4-6-8-12/h4-8,13-14H,9-11H2,1-3H3,(H2,19,24)(H,20,21,22). The smallest absolute Gasteiger partial charge is 0.239 e. The number of rotatable bonds is 4. The summed E-state index contributed by atoms with van der Waals surface area (Å²) in [6.07, 6.45) is -0.261. The van der Waals surface area contributed by atoms with E-state index in [2.05, 4.69) is 36.0 Å². The minimum absolute atomic E-state index is 0.136. The van der Waals surface area contributed by atoms with Crippen molar-refractivity contribution >= 4 is 5.91 Å². The number of ether oxygens (including phenoxy) is 1. The van der Waals surface area contributed by atoms with Crippen LogP contribution in [0, 0.1) is 0 Å². The summed E-state index contributed by atoms with van der Waals surface area (Å²) < 4.78 is 5.86. The summed E-state index contributed by atoms with van der Waals surface area (Å²) in [6.45, 7) is 7.86. The van der Waals surface area contributed by atoms with E-state index in [1.807, 2.05) is 35.2 Å². The van der Waals surface area contributed by atoms with Crippen LogP contribution in [0.25, 0.3) is 0 Å². The first-order valence-electron chi connectivity index (χ1n) is 8.49. The van der Waals surface area contributed by atoms with Crippen molar-refractivity contribution in [2.75, 3.05) is 19.7 Å². The summed E-state index contributed by atoms with van der Waals surface area (Å²) in [5, 5.41) is 7.28.